The number of aromatic nitrogens is 2. The highest BCUT2D eigenvalue weighted by molar-refractivity contribution is 6.31. The Balaban J connectivity index is 1.54. The third-order valence-corrected chi connectivity index (χ3v) is 7.00. The molecule has 2 aliphatic heterocycles. The first kappa shape index (κ1) is 26.7. The number of aryl methyl sites for hydroxylation is 1. The number of benzene rings is 2. The number of aliphatic hydroxyl groups is 1. The molecule has 0 aliphatic carbocycles. The quantitative estimate of drug-likeness (QED) is 0.424. The molecule has 10 heteroatoms. The fourth-order valence-corrected chi connectivity index (χ4v) is 5.22. The standard InChI is InChI=1S/C29H30ClN5O4/c1-28(2,3)39-27(37)35-15-29(4,16-36)21-12-18(10-19(14-31)24(21)35)22-7-8-32-26(33-22)34-23-13-20(30)11-17-6-5-9-38-25(17)23/h7-8,10-13,36H,5-6,9,15-16H2,1-4H3,(H,32,33,34). The van der Waals surface area contributed by atoms with Crippen molar-refractivity contribution in [2.24, 2.45) is 0 Å². The van der Waals surface area contributed by atoms with E-state index in [4.69, 9.17) is 26.1 Å². The van der Waals surface area contributed by atoms with Gasteiger partial charge in [0.05, 0.1) is 35.8 Å². The smallest absolute Gasteiger partial charge is 0.414 e. The zero-order valence-corrected chi connectivity index (χ0v) is 23.1. The average molecular weight is 548 g/mol. The number of anilines is 3. The van der Waals surface area contributed by atoms with Crippen molar-refractivity contribution >= 4 is 35.0 Å². The van der Waals surface area contributed by atoms with Crippen molar-refractivity contribution in [1.29, 1.82) is 5.26 Å². The Kier molecular flexibility index (Phi) is 6.87. The van der Waals surface area contributed by atoms with E-state index < -0.39 is 17.1 Å². The largest absolute Gasteiger partial charge is 0.491 e. The molecule has 0 radical (unpaired) electrons. The van der Waals surface area contributed by atoms with Crippen molar-refractivity contribution in [3.63, 3.8) is 0 Å². The third-order valence-electron chi connectivity index (χ3n) is 6.79. The van der Waals surface area contributed by atoms with Crippen LogP contribution in [0.5, 0.6) is 5.75 Å². The molecule has 0 spiro atoms. The van der Waals surface area contributed by atoms with Gasteiger partial charge in [-0.05, 0) is 75.1 Å². The SMILES string of the molecule is CC(C)(C)OC(=O)N1CC(C)(CO)c2cc(-c3ccnc(Nc4cc(Cl)cc5c4OCCC5)n3)cc(C#N)c21. The van der Waals surface area contributed by atoms with Crippen molar-refractivity contribution in [3.8, 4) is 23.1 Å². The van der Waals surface area contributed by atoms with E-state index in [0.717, 1.165) is 24.2 Å². The van der Waals surface area contributed by atoms with Gasteiger partial charge in [0.15, 0.2) is 0 Å². The molecule has 0 bridgehead atoms. The summed E-state index contributed by atoms with van der Waals surface area (Å²) in [6, 6.07) is 11.2. The first-order valence-corrected chi connectivity index (χ1v) is 13.1. The van der Waals surface area contributed by atoms with Crippen LogP contribution in [0.2, 0.25) is 5.02 Å². The molecule has 5 rings (SSSR count). The molecule has 0 saturated carbocycles. The van der Waals surface area contributed by atoms with Crippen molar-refractivity contribution < 1.29 is 19.4 Å². The van der Waals surface area contributed by atoms with Crippen LogP contribution in [0.25, 0.3) is 11.3 Å². The predicted octanol–water partition coefficient (Wildman–Crippen LogP) is 5.74. The van der Waals surface area contributed by atoms with Gasteiger partial charge in [-0.3, -0.25) is 4.90 Å². The lowest BCUT2D eigenvalue weighted by Gasteiger charge is -2.26. The van der Waals surface area contributed by atoms with E-state index in [9.17, 15) is 15.2 Å². The number of hydrogen-bond acceptors (Lipinski definition) is 8. The van der Waals surface area contributed by atoms with E-state index in [1.165, 1.54) is 4.90 Å². The molecular formula is C29H30ClN5O4. The third kappa shape index (κ3) is 5.22. The van der Waals surface area contributed by atoms with Crippen LogP contribution in [-0.4, -0.2) is 46.5 Å². The molecule has 202 valence electrons. The van der Waals surface area contributed by atoms with Crippen molar-refractivity contribution in [3.05, 3.63) is 58.2 Å². The Labute approximate surface area is 232 Å². The normalized spacial score (nSPS) is 18.0. The van der Waals surface area contributed by atoms with Gasteiger partial charge in [-0.2, -0.15) is 5.26 Å². The number of rotatable bonds is 4. The van der Waals surface area contributed by atoms with Gasteiger partial charge in [-0.25, -0.2) is 14.8 Å². The fourth-order valence-electron chi connectivity index (χ4n) is 4.98. The molecule has 9 nitrogen and oxygen atoms in total. The number of nitrogens with one attached hydrogen (secondary N) is 1. The number of hydrogen-bond donors (Lipinski definition) is 2. The van der Waals surface area contributed by atoms with Crippen molar-refractivity contribution in [2.75, 3.05) is 30.0 Å². The summed E-state index contributed by atoms with van der Waals surface area (Å²) in [5.74, 6) is 1.08. The van der Waals surface area contributed by atoms with Crippen LogP contribution >= 0.6 is 11.6 Å². The molecular weight excluding hydrogens is 518 g/mol. The number of ether oxygens (including phenoxy) is 2. The van der Waals surface area contributed by atoms with Gasteiger partial charge in [-0.1, -0.05) is 18.5 Å². The summed E-state index contributed by atoms with van der Waals surface area (Å²) >= 11 is 6.35. The highest BCUT2D eigenvalue weighted by Crippen LogP contribution is 2.45. The van der Waals surface area contributed by atoms with E-state index in [1.54, 1.807) is 45.2 Å². The highest BCUT2D eigenvalue weighted by Gasteiger charge is 2.44. The zero-order valence-electron chi connectivity index (χ0n) is 22.3. The molecule has 1 unspecified atom stereocenters. The summed E-state index contributed by atoms with van der Waals surface area (Å²) in [6.45, 7) is 7.80. The van der Waals surface area contributed by atoms with Gasteiger partial charge in [0.25, 0.3) is 0 Å². The number of nitrogens with zero attached hydrogens (tertiary/aromatic N) is 4. The van der Waals surface area contributed by atoms with Gasteiger partial charge in [0.2, 0.25) is 5.95 Å². The molecule has 39 heavy (non-hydrogen) atoms. The van der Waals surface area contributed by atoms with E-state index in [-0.39, 0.29) is 18.7 Å². The first-order valence-electron chi connectivity index (χ1n) is 12.8. The summed E-state index contributed by atoms with van der Waals surface area (Å²) in [5.41, 5.74) is 2.85. The van der Waals surface area contributed by atoms with Gasteiger partial charge in [0, 0.05) is 28.7 Å². The molecule has 2 aliphatic rings. The highest BCUT2D eigenvalue weighted by atomic mass is 35.5. The van der Waals surface area contributed by atoms with Crippen molar-refractivity contribution in [2.45, 2.75) is 51.6 Å². The van der Waals surface area contributed by atoms with Crippen LogP contribution in [-0.2, 0) is 16.6 Å². The maximum absolute atomic E-state index is 13.1. The van der Waals surface area contributed by atoms with Gasteiger partial charge >= 0.3 is 6.09 Å². The Morgan fingerprint density at radius 1 is 1.33 bits per heavy atom. The first-order chi connectivity index (χ1) is 18.5. The molecule has 0 fully saturated rings. The number of aliphatic hydroxyl groups excluding tert-OH is 1. The lowest BCUT2D eigenvalue weighted by Crippen LogP contribution is -2.40. The Morgan fingerprint density at radius 2 is 2.13 bits per heavy atom. The molecule has 1 aromatic heterocycles. The molecule has 2 aromatic carbocycles. The molecule has 2 N–H and O–H groups in total. The van der Waals surface area contributed by atoms with Gasteiger partial charge in [-0.15, -0.1) is 0 Å². The second-order valence-corrected chi connectivity index (χ2v) is 11.5. The lowest BCUT2D eigenvalue weighted by atomic mass is 9.83. The topological polar surface area (TPSA) is 121 Å². The molecule has 0 saturated heterocycles. The number of carbonyl (C=O) groups is 1. The summed E-state index contributed by atoms with van der Waals surface area (Å²) in [6.07, 6.45) is 2.86. The number of halogens is 1. The number of nitriles is 1. The van der Waals surface area contributed by atoms with E-state index in [1.807, 2.05) is 19.1 Å². The van der Waals surface area contributed by atoms with Gasteiger partial charge in [0.1, 0.15) is 17.4 Å². The Morgan fingerprint density at radius 3 is 2.85 bits per heavy atom. The zero-order chi connectivity index (χ0) is 27.9. The Hall–Kier alpha value is -3.87. The number of fused-ring (bicyclic) bond motifs is 2. The minimum absolute atomic E-state index is 0.183. The molecule has 3 aromatic rings. The van der Waals surface area contributed by atoms with Crippen LogP contribution in [0.4, 0.5) is 22.1 Å². The van der Waals surface area contributed by atoms with Crippen LogP contribution in [0, 0.1) is 11.3 Å². The van der Waals surface area contributed by atoms with Crippen LogP contribution < -0.4 is 15.0 Å². The lowest BCUT2D eigenvalue weighted by molar-refractivity contribution is 0.0575. The molecule has 1 atom stereocenters. The van der Waals surface area contributed by atoms with E-state index in [2.05, 4.69) is 16.4 Å². The predicted molar refractivity (Wildman–Crippen MR) is 149 cm³/mol. The monoisotopic (exact) mass is 547 g/mol. The number of amides is 1. The van der Waals surface area contributed by atoms with Gasteiger partial charge < -0.3 is 19.9 Å². The number of carbonyl (C=O) groups excluding carboxylic acids is 1. The van der Waals surface area contributed by atoms with Crippen LogP contribution in [0.15, 0.2) is 36.5 Å². The Bertz CT molecular complexity index is 1500. The fraction of sp³-hybridized carbons (Fsp3) is 0.379. The average Bonchev–Trinajstić information content (AvgIpc) is 3.20. The van der Waals surface area contributed by atoms with E-state index >= 15 is 0 Å². The molecule has 3 heterocycles. The summed E-state index contributed by atoms with van der Waals surface area (Å²) in [5, 5.41) is 24.2. The summed E-state index contributed by atoms with van der Waals surface area (Å²) in [7, 11) is 0. The second kappa shape index (κ2) is 10.0. The molecule has 1 amide bonds. The van der Waals surface area contributed by atoms with Crippen LogP contribution in [0.1, 0.15) is 50.8 Å². The maximum Gasteiger partial charge on any atom is 0.414 e. The summed E-state index contributed by atoms with van der Waals surface area (Å²) < 4.78 is 11.5. The minimum atomic E-state index is -0.793. The summed E-state index contributed by atoms with van der Waals surface area (Å²) in [4.78, 5) is 23.6. The van der Waals surface area contributed by atoms with Crippen LogP contribution in [0.3, 0.4) is 0 Å². The minimum Gasteiger partial charge on any atom is -0.491 e. The maximum atomic E-state index is 13.1. The van der Waals surface area contributed by atoms with E-state index in [0.29, 0.717) is 45.8 Å². The van der Waals surface area contributed by atoms with Crippen molar-refractivity contribution in [1.82, 2.24) is 9.97 Å². The second-order valence-electron chi connectivity index (χ2n) is 11.1.